The summed E-state index contributed by atoms with van der Waals surface area (Å²) in [7, 11) is 0. The maximum Gasteiger partial charge on any atom is 0.328 e. The van der Waals surface area contributed by atoms with Crippen molar-refractivity contribution in [3.8, 4) is 22.3 Å². The first kappa shape index (κ1) is 38.9. The zero-order valence-corrected chi connectivity index (χ0v) is 32.8. The predicted molar refractivity (Wildman–Crippen MR) is 220 cm³/mol. The number of amides is 2. The quantitative estimate of drug-likeness (QED) is 0.148. The topological polar surface area (TPSA) is 115 Å². The van der Waals surface area contributed by atoms with E-state index in [0.717, 1.165) is 79.2 Å². The van der Waals surface area contributed by atoms with Gasteiger partial charge in [-0.15, -0.1) is 0 Å². The molecule has 2 aliphatic heterocycles. The molecule has 2 atom stereocenters. The highest BCUT2D eigenvalue weighted by molar-refractivity contribution is 6.00. The lowest BCUT2D eigenvalue weighted by Gasteiger charge is -2.44. The molecule has 8 heteroatoms. The third-order valence-electron chi connectivity index (χ3n) is 11.5. The maximum atomic E-state index is 14.1. The summed E-state index contributed by atoms with van der Waals surface area (Å²) in [4.78, 5) is 54.0. The van der Waals surface area contributed by atoms with Crippen LogP contribution in [0.2, 0.25) is 0 Å². The van der Waals surface area contributed by atoms with Gasteiger partial charge in [-0.05, 0) is 133 Å². The highest BCUT2D eigenvalue weighted by atomic mass is 16.4. The molecule has 4 aromatic rings. The first-order valence-electron chi connectivity index (χ1n) is 19.0. The summed E-state index contributed by atoms with van der Waals surface area (Å²) < 4.78 is 0. The molecule has 2 unspecified atom stereocenters. The molecule has 2 heterocycles. The second kappa shape index (κ2) is 15.2. The van der Waals surface area contributed by atoms with Crippen LogP contribution in [0, 0.1) is 13.8 Å². The number of aliphatic carboxylic acids is 2. The largest absolute Gasteiger partial charge is 0.478 e. The predicted octanol–water partition coefficient (Wildman–Crippen LogP) is 9.73. The van der Waals surface area contributed by atoms with Gasteiger partial charge in [-0.3, -0.25) is 9.59 Å². The van der Waals surface area contributed by atoms with Crippen LogP contribution in [-0.4, -0.2) is 46.6 Å². The van der Waals surface area contributed by atoms with E-state index in [-0.39, 0.29) is 23.3 Å². The molecule has 0 bridgehead atoms. The standard InChI is InChI=1S/C47H50N2O6/c1-8-48-40-25-34(36-23-32(11-9-29(36)2)13-19-44(52)53)16-18-39(40)47(7,28-42(48)50)22-21-31(4)49-41-26-35(15-17-38(41)46(5,6)27-43(49)51)37-24-33(12-10-30(37)3)14-20-45(54)55/h9-20,23-26,31H,8,21-22,27-28H2,1-7H3,(H,52,53)(H,54,55)/b19-13+,20-14+. The number of nitrogens with zero attached hydrogens (tertiary/aromatic N) is 2. The Labute approximate surface area is 323 Å². The molecule has 6 rings (SSSR count). The van der Waals surface area contributed by atoms with Gasteiger partial charge < -0.3 is 20.0 Å². The smallest absolute Gasteiger partial charge is 0.328 e. The molecule has 2 amide bonds. The van der Waals surface area contributed by atoms with Crippen LogP contribution in [-0.2, 0) is 30.0 Å². The fraction of sp³-hybridized carbons (Fsp3) is 0.319. The summed E-state index contributed by atoms with van der Waals surface area (Å²) in [5, 5.41) is 18.3. The summed E-state index contributed by atoms with van der Waals surface area (Å²) in [5.74, 6) is -1.87. The van der Waals surface area contributed by atoms with E-state index in [2.05, 4.69) is 64.1 Å². The molecule has 0 aromatic heterocycles. The molecule has 0 aliphatic carbocycles. The maximum absolute atomic E-state index is 14.1. The van der Waals surface area contributed by atoms with Gasteiger partial charge in [-0.25, -0.2) is 9.59 Å². The van der Waals surface area contributed by atoms with Crippen LogP contribution >= 0.6 is 0 Å². The minimum absolute atomic E-state index is 0.0683. The Hall–Kier alpha value is -5.76. The van der Waals surface area contributed by atoms with E-state index < -0.39 is 17.4 Å². The van der Waals surface area contributed by atoms with Crippen molar-refractivity contribution in [3.05, 3.63) is 118 Å². The fourth-order valence-electron chi connectivity index (χ4n) is 8.41. The van der Waals surface area contributed by atoms with Crippen LogP contribution in [0.5, 0.6) is 0 Å². The molecule has 0 saturated carbocycles. The van der Waals surface area contributed by atoms with Gasteiger partial charge in [0.2, 0.25) is 11.8 Å². The molecule has 0 fully saturated rings. The Morgan fingerprint density at radius 3 is 1.78 bits per heavy atom. The van der Waals surface area contributed by atoms with E-state index in [0.29, 0.717) is 32.2 Å². The van der Waals surface area contributed by atoms with E-state index in [1.54, 1.807) is 12.2 Å². The number of rotatable bonds is 11. The number of carboxylic acids is 2. The first-order valence-corrected chi connectivity index (χ1v) is 19.0. The number of benzene rings is 4. The highest BCUT2D eigenvalue weighted by Gasteiger charge is 2.42. The number of fused-ring (bicyclic) bond motifs is 2. The van der Waals surface area contributed by atoms with Crippen LogP contribution in [0.1, 0.15) is 93.7 Å². The number of hydrogen-bond donors (Lipinski definition) is 2. The molecule has 0 radical (unpaired) electrons. The third-order valence-corrected chi connectivity index (χ3v) is 11.5. The van der Waals surface area contributed by atoms with Crippen molar-refractivity contribution in [3.63, 3.8) is 0 Å². The second-order valence-corrected chi connectivity index (χ2v) is 16.0. The number of aryl methyl sites for hydroxylation is 2. The zero-order chi connectivity index (χ0) is 39.8. The monoisotopic (exact) mass is 738 g/mol. The van der Waals surface area contributed by atoms with E-state index in [1.165, 1.54) is 0 Å². The lowest BCUT2D eigenvalue weighted by Crippen LogP contribution is -2.47. The Bertz CT molecular complexity index is 2270. The number of hydrogen-bond acceptors (Lipinski definition) is 4. The van der Waals surface area contributed by atoms with Crippen molar-refractivity contribution >= 4 is 47.3 Å². The van der Waals surface area contributed by atoms with Crippen molar-refractivity contribution in [2.24, 2.45) is 0 Å². The van der Waals surface area contributed by atoms with Crippen LogP contribution in [0.15, 0.2) is 84.9 Å². The van der Waals surface area contributed by atoms with Gasteiger partial charge in [-0.2, -0.15) is 0 Å². The van der Waals surface area contributed by atoms with Gasteiger partial charge in [0.05, 0.1) is 0 Å². The molecule has 0 saturated heterocycles. The summed E-state index contributed by atoms with van der Waals surface area (Å²) in [6.07, 6.45) is 7.55. The van der Waals surface area contributed by atoms with Crippen LogP contribution in [0.4, 0.5) is 11.4 Å². The second-order valence-electron chi connectivity index (χ2n) is 16.0. The van der Waals surface area contributed by atoms with Crippen LogP contribution < -0.4 is 9.80 Å². The molecule has 8 nitrogen and oxygen atoms in total. The van der Waals surface area contributed by atoms with E-state index in [1.807, 2.05) is 67.0 Å². The molecular formula is C47H50N2O6. The lowest BCUT2D eigenvalue weighted by molar-refractivity contribution is -0.132. The van der Waals surface area contributed by atoms with Crippen LogP contribution in [0.3, 0.4) is 0 Å². The number of carbonyl (C=O) groups excluding carboxylic acids is 2. The van der Waals surface area contributed by atoms with Gasteiger partial charge in [0.15, 0.2) is 0 Å². The van der Waals surface area contributed by atoms with E-state index in [4.69, 9.17) is 5.11 Å². The summed E-state index contributed by atoms with van der Waals surface area (Å²) in [6, 6.07) is 24.2. The normalized spacial score (nSPS) is 18.5. The van der Waals surface area contributed by atoms with Crippen molar-refractivity contribution in [2.45, 2.75) is 91.0 Å². The minimum atomic E-state index is -1.01. The average Bonchev–Trinajstić information content (AvgIpc) is 3.12. The summed E-state index contributed by atoms with van der Waals surface area (Å²) in [5.41, 5.74) is 10.7. The first-order chi connectivity index (χ1) is 26.0. The van der Waals surface area contributed by atoms with E-state index in [9.17, 15) is 24.3 Å². The van der Waals surface area contributed by atoms with Crippen molar-refractivity contribution < 1.29 is 29.4 Å². The van der Waals surface area contributed by atoms with E-state index >= 15 is 0 Å². The van der Waals surface area contributed by atoms with Crippen molar-refractivity contribution in [1.82, 2.24) is 0 Å². The highest BCUT2D eigenvalue weighted by Crippen LogP contribution is 2.47. The van der Waals surface area contributed by atoms with Gasteiger partial charge in [0.1, 0.15) is 0 Å². The van der Waals surface area contributed by atoms with Gasteiger partial charge in [0.25, 0.3) is 0 Å². The molecule has 2 aliphatic rings. The van der Waals surface area contributed by atoms with Crippen molar-refractivity contribution in [2.75, 3.05) is 16.3 Å². The molecule has 4 aromatic carbocycles. The number of carbonyl (C=O) groups is 4. The van der Waals surface area contributed by atoms with Crippen LogP contribution in [0.25, 0.3) is 34.4 Å². The Balaban J connectivity index is 1.33. The molecule has 55 heavy (non-hydrogen) atoms. The fourth-order valence-corrected chi connectivity index (χ4v) is 8.41. The van der Waals surface area contributed by atoms with Gasteiger partial charge in [0, 0.05) is 59.8 Å². The molecule has 0 spiro atoms. The Morgan fingerprint density at radius 1 is 0.727 bits per heavy atom. The summed E-state index contributed by atoms with van der Waals surface area (Å²) >= 11 is 0. The van der Waals surface area contributed by atoms with Gasteiger partial charge >= 0.3 is 11.9 Å². The minimum Gasteiger partial charge on any atom is -0.478 e. The third kappa shape index (κ3) is 7.90. The number of anilines is 2. The van der Waals surface area contributed by atoms with Crippen molar-refractivity contribution in [1.29, 1.82) is 0 Å². The molecule has 284 valence electrons. The zero-order valence-electron chi connectivity index (χ0n) is 32.8. The lowest BCUT2D eigenvalue weighted by atomic mass is 9.71. The Morgan fingerprint density at radius 2 is 1.25 bits per heavy atom. The average molecular weight is 739 g/mol. The Kier molecular flexibility index (Phi) is 10.7. The SMILES string of the molecule is CCN1C(=O)CC(C)(CCC(C)N2C(=O)CC(C)(C)c3ccc(-c4cc(/C=C/C(=O)O)ccc4C)cc32)c2ccc(-c3cc(/C=C/C(=O)O)ccc3C)cc21. The molecule has 2 N–H and O–H groups in total. The molecular weight excluding hydrogens is 689 g/mol. The number of carboxylic acid groups (broad SMARTS) is 2. The summed E-state index contributed by atoms with van der Waals surface area (Å²) in [6.45, 7) is 15.1. The van der Waals surface area contributed by atoms with Gasteiger partial charge in [-0.1, -0.05) is 69.3 Å².